The van der Waals surface area contributed by atoms with Gasteiger partial charge in [-0.05, 0) is 32.3 Å². The van der Waals surface area contributed by atoms with Crippen molar-refractivity contribution >= 4 is 23.8 Å². The third-order valence-electron chi connectivity index (χ3n) is 5.11. The summed E-state index contributed by atoms with van der Waals surface area (Å²) in [5.74, 6) is -1.73. The quantitative estimate of drug-likeness (QED) is 0.486. The van der Waals surface area contributed by atoms with Crippen LogP contribution in [-0.4, -0.2) is 46.9 Å². The SMILES string of the molecule is CCCC(NC(=O)C(C)OC(=O)CN1C(=O)NC(C)(CC)C1=O)c1ccccc1. The molecule has 0 aliphatic carbocycles. The molecule has 1 aliphatic rings. The zero-order valence-electron chi connectivity index (χ0n) is 17.4. The molecule has 1 aromatic carbocycles. The molecule has 8 nitrogen and oxygen atoms in total. The van der Waals surface area contributed by atoms with Gasteiger partial charge in [-0.2, -0.15) is 0 Å². The Morgan fingerprint density at radius 2 is 1.86 bits per heavy atom. The van der Waals surface area contributed by atoms with Crippen molar-refractivity contribution in [2.24, 2.45) is 0 Å². The normalized spacial score (nSPS) is 20.8. The molecular formula is C21H29N3O5. The van der Waals surface area contributed by atoms with E-state index >= 15 is 0 Å². The number of nitrogens with zero attached hydrogens (tertiary/aromatic N) is 1. The van der Waals surface area contributed by atoms with E-state index < -0.39 is 42.0 Å². The van der Waals surface area contributed by atoms with Crippen LogP contribution in [0.15, 0.2) is 30.3 Å². The van der Waals surface area contributed by atoms with Crippen LogP contribution in [0.25, 0.3) is 0 Å². The van der Waals surface area contributed by atoms with E-state index in [1.165, 1.54) is 6.92 Å². The molecule has 1 aromatic rings. The van der Waals surface area contributed by atoms with Gasteiger partial charge in [-0.3, -0.25) is 19.3 Å². The Morgan fingerprint density at radius 3 is 2.41 bits per heavy atom. The predicted molar refractivity (Wildman–Crippen MR) is 107 cm³/mol. The van der Waals surface area contributed by atoms with Crippen LogP contribution in [0.5, 0.6) is 0 Å². The fraction of sp³-hybridized carbons (Fsp3) is 0.524. The Bertz CT molecular complexity index is 767. The minimum Gasteiger partial charge on any atom is -0.451 e. The molecule has 0 radical (unpaired) electrons. The number of carbonyl (C=O) groups excluding carboxylic acids is 4. The Labute approximate surface area is 171 Å². The maximum absolute atomic E-state index is 12.5. The molecule has 0 aromatic heterocycles. The van der Waals surface area contributed by atoms with Crippen molar-refractivity contribution in [1.82, 2.24) is 15.5 Å². The van der Waals surface area contributed by atoms with E-state index in [0.717, 1.165) is 23.3 Å². The van der Waals surface area contributed by atoms with Crippen LogP contribution in [0, 0.1) is 0 Å². The largest absolute Gasteiger partial charge is 0.451 e. The van der Waals surface area contributed by atoms with Crippen molar-refractivity contribution < 1.29 is 23.9 Å². The monoisotopic (exact) mass is 403 g/mol. The van der Waals surface area contributed by atoms with Crippen LogP contribution in [0.4, 0.5) is 4.79 Å². The van der Waals surface area contributed by atoms with Gasteiger partial charge in [0, 0.05) is 0 Å². The Hall–Kier alpha value is -2.90. The van der Waals surface area contributed by atoms with Gasteiger partial charge in [0.15, 0.2) is 6.10 Å². The second-order valence-corrected chi connectivity index (χ2v) is 7.40. The molecular weight excluding hydrogens is 374 g/mol. The molecule has 4 amide bonds. The van der Waals surface area contributed by atoms with E-state index in [-0.39, 0.29) is 6.04 Å². The average Bonchev–Trinajstić information content (AvgIpc) is 2.91. The number of imide groups is 1. The molecule has 1 aliphatic heterocycles. The third kappa shape index (κ3) is 5.34. The summed E-state index contributed by atoms with van der Waals surface area (Å²) in [5.41, 5.74) is -0.0527. The smallest absolute Gasteiger partial charge is 0.327 e. The van der Waals surface area contributed by atoms with E-state index in [9.17, 15) is 19.2 Å². The lowest BCUT2D eigenvalue weighted by molar-refractivity contribution is -0.156. The molecule has 2 rings (SSSR count). The lowest BCUT2D eigenvalue weighted by Gasteiger charge is -2.22. The van der Waals surface area contributed by atoms with Gasteiger partial charge >= 0.3 is 12.0 Å². The molecule has 3 unspecified atom stereocenters. The van der Waals surface area contributed by atoms with Crippen molar-refractivity contribution in [3.8, 4) is 0 Å². The van der Waals surface area contributed by atoms with E-state index in [2.05, 4.69) is 10.6 Å². The third-order valence-corrected chi connectivity index (χ3v) is 5.11. The summed E-state index contributed by atoms with van der Waals surface area (Å²) in [5, 5.41) is 5.47. The van der Waals surface area contributed by atoms with Crippen molar-refractivity contribution in [1.29, 1.82) is 0 Å². The van der Waals surface area contributed by atoms with Crippen LogP contribution in [0.2, 0.25) is 0 Å². The lowest BCUT2D eigenvalue weighted by Crippen LogP contribution is -2.44. The Balaban J connectivity index is 1.94. The van der Waals surface area contributed by atoms with Crippen molar-refractivity contribution in [3.63, 3.8) is 0 Å². The minimum atomic E-state index is -1.05. The number of amides is 4. The molecule has 1 saturated heterocycles. The van der Waals surface area contributed by atoms with Crippen LogP contribution < -0.4 is 10.6 Å². The van der Waals surface area contributed by atoms with E-state index in [0.29, 0.717) is 6.42 Å². The van der Waals surface area contributed by atoms with Crippen molar-refractivity contribution in [2.75, 3.05) is 6.54 Å². The fourth-order valence-electron chi connectivity index (χ4n) is 3.13. The standard InChI is InChI=1S/C21H29N3O5/c1-5-10-16(15-11-8-7-9-12-15)22-18(26)14(3)29-17(25)13-24-19(27)21(4,6-2)23-20(24)28/h7-9,11-12,14,16H,5-6,10,13H2,1-4H3,(H,22,26)(H,23,28). The first kappa shape index (κ1) is 22.4. The molecule has 2 N–H and O–H groups in total. The second kappa shape index (κ2) is 9.54. The first-order valence-electron chi connectivity index (χ1n) is 9.90. The number of carbonyl (C=O) groups is 4. The number of hydrogen-bond donors (Lipinski definition) is 2. The highest BCUT2D eigenvalue weighted by atomic mass is 16.5. The number of hydrogen-bond acceptors (Lipinski definition) is 5. The number of esters is 1. The zero-order valence-corrected chi connectivity index (χ0v) is 17.4. The Kier molecular flexibility index (Phi) is 7.36. The lowest BCUT2D eigenvalue weighted by atomic mass is 9.99. The summed E-state index contributed by atoms with van der Waals surface area (Å²) in [6.07, 6.45) is 0.967. The highest BCUT2D eigenvalue weighted by Crippen LogP contribution is 2.21. The first-order valence-corrected chi connectivity index (χ1v) is 9.90. The molecule has 1 fully saturated rings. The number of ether oxygens (including phenoxy) is 1. The van der Waals surface area contributed by atoms with Gasteiger partial charge in [-0.25, -0.2) is 4.79 Å². The highest BCUT2D eigenvalue weighted by Gasteiger charge is 2.47. The van der Waals surface area contributed by atoms with Crippen molar-refractivity contribution in [3.05, 3.63) is 35.9 Å². The van der Waals surface area contributed by atoms with Crippen LogP contribution in [-0.2, 0) is 19.1 Å². The summed E-state index contributed by atoms with van der Waals surface area (Å²) < 4.78 is 5.16. The van der Waals surface area contributed by atoms with Gasteiger partial charge in [0.25, 0.3) is 11.8 Å². The summed E-state index contributed by atoms with van der Waals surface area (Å²) >= 11 is 0. The van der Waals surface area contributed by atoms with Gasteiger partial charge in [0.2, 0.25) is 0 Å². The zero-order chi connectivity index (χ0) is 21.6. The maximum Gasteiger partial charge on any atom is 0.327 e. The van der Waals surface area contributed by atoms with E-state index in [4.69, 9.17) is 4.74 Å². The molecule has 1 heterocycles. The van der Waals surface area contributed by atoms with Crippen LogP contribution in [0.3, 0.4) is 0 Å². The van der Waals surface area contributed by atoms with Gasteiger partial charge < -0.3 is 15.4 Å². The fourth-order valence-corrected chi connectivity index (χ4v) is 3.13. The number of benzene rings is 1. The summed E-state index contributed by atoms with van der Waals surface area (Å²) in [4.78, 5) is 49.9. The molecule has 158 valence electrons. The average molecular weight is 403 g/mol. The van der Waals surface area contributed by atoms with Gasteiger partial charge in [0.1, 0.15) is 12.1 Å². The minimum absolute atomic E-state index is 0.189. The van der Waals surface area contributed by atoms with Gasteiger partial charge in [0.05, 0.1) is 6.04 Å². The molecule has 8 heteroatoms. The first-order chi connectivity index (χ1) is 13.7. The molecule has 0 saturated carbocycles. The van der Waals surface area contributed by atoms with Crippen LogP contribution in [0.1, 0.15) is 58.6 Å². The number of nitrogens with one attached hydrogen (secondary N) is 2. The molecule has 0 spiro atoms. The number of urea groups is 1. The van der Waals surface area contributed by atoms with Gasteiger partial charge in [-0.15, -0.1) is 0 Å². The molecule has 0 bridgehead atoms. The van der Waals surface area contributed by atoms with E-state index in [1.54, 1.807) is 13.8 Å². The highest BCUT2D eigenvalue weighted by molar-refractivity contribution is 6.08. The molecule has 29 heavy (non-hydrogen) atoms. The summed E-state index contributed by atoms with van der Waals surface area (Å²) in [7, 11) is 0. The second-order valence-electron chi connectivity index (χ2n) is 7.40. The van der Waals surface area contributed by atoms with Gasteiger partial charge in [-0.1, -0.05) is 50.6 Å². The Morgan fingerprint density at radius 1 is 1.21 bits per heavy atom. The maximum atomic E-state index is 12.5. The summed E-state index contributed by atoms with van der Waals surface area (Å²) in [6.45, 7) is 6.32. The topological polar surface area (TPSA) is 105 Å². The van der Waals surface area contributed by atoms with Crippen molar-refractivity contribution in [2.45, 2.75) is 64.6 Å². The van der Waals surface area contributed by atoms with E-state index in [1.807, 2.05) is 37.3 Å². The van der Waals surface area contributed by atoms with Crippen LogP contribution >= 0.6 is 0 Å². The summed E-state index contributed by atoms with van der Waals surface area (Å²) in [6, 6.07) is 8.73. The number of rotatable bonds is 9. The molecule has 3 atom stereocenters. The predicted octanol–water partition coefficient (Wildman–Crippen LogP) is 2.30.